The molecule has 0 aliphatic heterocycles. The highest BCUT2D eigenvalue weighted by molar-refractivity contribution is 7.09. The van der Waals surface area contributed by atoms with Crippen molar-refractivity contribution in [1.29, 1.82) is 0 Å². The molecule has 0 fully saturated rings. The molecule has 21 heavy (non-hydrogen) atoms. The van der Waals surface area contributed by atoms with Crippen molar-refractivity contribution in [1.82, 2.24) is 10.3 Å². The number of nitrogens with zero attached hydrogens (tertiary/aromatic N) is 1. The predicted molar refractivity (Wildman–Crippen MR) is 84.5 cm³/mol. The van der Waals surface area contributed by atoms with Gasteiger partial charge in [0.25, 0.3) is 0 Å². The zero-order valence-corrected chi connectivity index (χ0v) is 12.8. The van der Waals surface area contributed by atoms with E-state index in [1.54, 1.807) is 23.5 Å². The number of rotatable bonds is 7. The van der Waals surface area contributed by atoms with Crippen molar-refractivity contribution >= 4 is 22.9 Å². The van der Waals surface area contributed by atoms with Crippen LogP contribution in [-0.2, 0) is 11.2 Å². The molecule has 0 aliphatic rings. The summed E-state index contributed by atoms with van der Waals surface area (Å²) in [7, 11) is 0. The van der Waals surface area contributed by atoms with E-state index in [0.717, 1.165) is 17.1 Å². The summed E-state index contributed by atoms with van der Waals surface area (Å²) in [5.74, 6) is 0.585. The van der Waals surface area contributed by atoms with E-state index in [0.29, 0.717) is 31.0 Å². The number of thiazole rings is 1. The van der Waals surface area contributed by atoms with Gasteiger partial charge in [0.15, 0.2) is 0 Å². The highest BCUT2D eigenvalue weighted by atomic mass is 32.1. The number of para-hydroxylation sites is 2. The molecule has 3 N–H and O–H groups in total. The molecule has 112 valence electrons. The zero-order chi connectivity index (χ0) is 15.1. The minimum atomic E-state index is -0.0298. The van der Waals surface area contributed by atoms with Crippen molar-refractivity contribution in [3.8, 4) is 5.75 Å². The van der Waals surface area contributed by atoms with Gasteiger partial charge in [0.2, 0.25) is 5.91 Å². The van der Waals surface area contributed by atoms with Crippen molar-refractivity contribution in [3.05, 3.63) is 40.3 Å². The minimum Gasteiger partial charge on any atom is -0.491 e. The van der Waals surface area contributed by atoms with Gasteiger partial charge >= 0.3 is 0 Å². The van der Waals surface area contributed by atoms with Crippen LogP contribution in [0, 0.1) is 6.92 Å². The van der Waals surface area contributed by atoms with Crippen molar-refractivity contribution in [2.75, 3.05) is 18.9 Å². The number of hydrogen-bond acceptors (Lipinski definition) is 5. The third-order valence-corrected chi connectivity index (χ3v) is 3.86. The molecule has 1 aromatic heterocycles. The number of hydrogen-bond donors (Lipinski definition) is 2. The van der Waals surface area contributed by atoms with Gasteiger partial charge in [0.1, 0.15) is 5.75 Å². The molecule has 5 nitrogen and oxygen atoms in total. The molecular weight excluding hydrogens is 286 g/mol. The summed E-state index contributed by atoms with van der Waals surface area (Å²) in [6.07, 6.45) is 1.07. The maximum absolute atomic E-state index is 11.7. The third-order valence-electron chi connectivity index (χ3n) is 2.83. The normalized spacial score (nSPS) is 10.3. The van der Waals surface area contributed by atoms with E-state index >= 15 is 0 Å². The van der Waals surface area contributed by atoms with Crippen LogP contribution in [0.3, 0.4) is 0 Å². The number of benzene rings is 1. The summed E-state index contributed by atoms with van der Waals surface area (Å²) in [6, 6.07) is 7.25. The number of carbonyl (C=O) groups excluding carboxylic acids is 1. The molecule has 0 radical (unpaired) electrons. The summed E-state index contributed by atoms with van der Waals surface area (Å²) in [4.78, 5) is 16.0. The lowest BCUT2D eigenvalue weighted by Gasteiger charge is -2.08. The number of nitrogens with one attached hydrogen (secondary N) is 1. The lowest BCUT2D eigenvalue weighted by Crippen LogP contribution is -2.27. The van der Waals surface area contributed by atoms with E-state index in [2.05, 4.69) is 10.3 Å². The molecule has 0 spiro atoms. The molecule has 0 atom stereocenters. The number of amides is 1. The fourth-order valence-corrected chi connectivity index (χ4v) is 2.56. The number of nitrogen functional groups attached to an aromatic ring is 1. The van der Waals surface area contributed by atoms with Crippen LogP contribution in [-0.4, -0.2) is 24.0 Å². The summed E-state index contributed by atoms with van der Waals surface area (Å²) in [5, 5.41) is 5.91. The van der Waals surface area contributed by atoms with Crippen LogP contribution in [0.5, 0.6) is 5.75 Å². The van der Waals surface area contributed by atoms with Crippen LogP contribution >= 0.6 is 11.3 Å². The Hall–Kier alpha value is -2.08. The Kier molecular flexibility index (Phi) is 5.57. The Morgan fingerprint density at radius 1 is 1.43 bits per heavy atom. The van der Waals surface area contributed by atoms with Crippen LogP contribution in [0.1, 0.15) is 17.1 Å². The quantitative estimate of drug-likeness (QED) is 0.769. The molecular formula is C15H19N3O2S. The molecule has 0 saturated heterocycles. The van der Waals surface area contributed by atoms with Gasteiger partial charge < -0.3 is 15.8 Å². The van der Waals surface area contributed by atoms with E-state index < -0.39 is 0 Å². The fraction of sp³-hybridized carbons (Fsp3) is 0.333. The van der Waals surface area contributed by atoms with Crippen LogP contribution in [0.15, 0.2) is 29.6 Å². The summed E-state index contributed by atoms with van der Waals surface area (Å²) in [5.41, 5.74) is 7.36. The van der Waals surface area contributed by atoms with Gasteiger partial charge in [-0.05, 0) is 19.1 Å². The average Bonchev–Trinajstić information content (AvgIpc) is 2.87. The lowest BCUT2D eigenvalue weighted by atomic mass is 10.3. The smallest absolute Gasteiger partial charge is 0.223 e. The van der Waals surface area contributed by atoms with Gasteiger partial charge in [-0.15, -0.1) is 11.3 Å². The first-order chi connectivity index (χ1) is 10.1. The summed E-state index contributed by atoms with van der Waals surface area (Å²) in [6.45, 7) is 2.88. The molecule has 0 unspecified atom stereocenters. The van der Waals surface area contributed by atoms with E-state index in [1.807, 2.05) is 24.4 Å². The van der Waals surface area contributed by atoms with Crippen molar-refractivity contribution in [3.63, 3.8) is 0 Å². The standard InChI is InChI=1S/C15H19N3O2S/c1-11-10-21-15(18-11)6-8-17-14(19)7-9-20-13-5-3-2-4-12(13)16/h2-5,10H,6-9,16H2,1H3,(H,17,19). The monoisotopic (exact) mass is 305 g/mol. The number of aryl methyl sites for hydroxylation is 1. The molecule has 2 rings (SSSR count). The molecule has 0 saturated carbocycles. The topological polar surface area (TPSA) is 77.2 Å². The Bertz CT molecular complexity index is 598. The molecule has 0 aliphatic carbocycles. The van der Waals surface area contributed by atoms with E-state index in [9.17, 15) is 4.79 Å². The van der Waals surface area contributed by atoms with Gasteiger partial charge in [-0.2, -0.15) is 0 Å². The number of anilines is 1. The van der Waals surface area contributed by atoms with Crippen LogP contribution in [0.2, 0.25) is 0 Å². The lowest BCUT2D eigenvalue weighted by molar-refractivity contribution is -0.121. The SMILES string of the molecule is Cc1csc(CCNC(=O)CCOc2ccccc2N)n1. The van der Waals surface area contributed by atoms with E-state index in [4.69, 9.17) is 10.5 Å². The fourth-order valence-electron chi connectivity index (χ4n) is 1.78. The van der Waals surface area contributed by atoms with E-state index in [1.165, 1.54) is 0 Å². The Balaban J connectivity index is 1.63. The maximum atomic E-state index is 11.7. The number of aromatic nitrogens is 1. The van der Waals surface area contributed by atoms with Gasteiger partial charge in [-0.1, -0.05) is 12.1 Å². The first-order valence-electron chi connectivity index (χ1n) is 6.80. The van der Waals surface area contributed by atoms with Crippen LogP contribution < -0.4 is 15.8 Å². The number of ether oxygens (including phenoxy) is 1. The summed E-state index contributed by atoms with van der Waals surface area (Å²) >= 11 is 1.62. The van der Waals surface area contributed by atoms with Crippen molar-refractivity contribution in [2.24, 2.45) is 0 Å². The Morgan fingerprint density at radius 2 is 2.24 bits per heavy atom. The second-order valence-electron chi connectivity index (χ2n) is 4.62. The van der Waals surface area contributed by atoms with Crippen LogP contribution in [0.25, 0.3) is 0 Å². The number of carbonyl (C=O) groups is 1. The summed E-state index contributed by atoms with van der Waals surface area (Å²) < 4.78 is 5.48. The molecule has 2 aromatic rings. The Labute approximate surface area is 128 Å². The highest BCUT2D eigenvalue weighted by Gasteiger charge is 2.04. The second kappa shape index (κ2) is 7.64. The van der Waals surface area contributed by atoms with Gasteiger partial charge in [0, 0.05) is 24.0 Å². The van der Waals surface area contributed by atoms with Crippen LogP contribution in [0.4, 0.5) is 5.69 Å². The highest BCUT2D eigenvalue weighted by Crippen LogP contribution is 2.19. The molecule has 1 heterocycles. The predicted octanol–water partition coefficient (Wildman–Crippen LogP) is 2.16. The molecule has 0 bridgehead atoms. The van der Waals surface area contributed by atoms with Gasteiger partial charge in [0.05, 0.1) is 23.7 Å². The average molecular weight is 305 g/mol. The second-order valence-corrected chi connectivity index (χ2v) is 5.56. The molecule has 1 aromatic carbocycles. The van der Waals surface area contributed by atoms with Crippen molar-refractivity contribution in [2.45, 2.75) is 19.8 Å². The zero-order valence-electron chi connectivity index (χ0n) is 12.0. The first kappa shape index (κ1) is 15.3. The third kappa shape index (κ3) is 5.07. The minimum absolute atomic E-state index is 0.0298. The van der Waals surface area contributed by atoms with Gasteiger partial charge in [-0.25, -0.2) is 4.98 Å². The first-order valence-corrected chi connectivity index (χ1v) is 7.68. The number of nitrogens with two attached hydrogens (primary N) is 1. The van der Waals surface area contributed by atoms with E-state index in [-0.39, 0.29) is 5.91 Å². The van der Waals surface area contributed by atoms with Gasteiger partial charge in [-0.3, -0.25) is 4.79 Å². The Morgan fingerprint density at radius 3 is 2.95 bits per heavy atom. The molecule has 6 heteroatoms. The molecule has 1 amide bonds. The largest absolute Gasteiger partial charge is 0.491 e. The maximum Gasteiger partial charge on any atom is 0.223 e. The van der Waals surface area contributed by atoms with Crippen molar-refractivity contribution < 1.29 is 9.53 Å².